The number of aromatic nitrogens is 1. The van der Waals surface area contributed by atoms with Crippen LogP contribution < -0.4 is 5.73 Å². The van der Waals surface area contributed by atoms with E-state index in [1.807, 2.05) is 6.92 Å². The average molecular weight is 280 g/mol. The van der Waals surface area contributed by atoms with E-state index < -0.39 is 10.8 Å². The van der Waals surface area contributed by atoms with Crippen molar-refractivity contribution >= 4 is 17.4 Å². The molecule has 0 spiro atoms. The summed E-state index contributed by atoms with van der Waals surface area (Å²) in [7, 11) is 1.63. The van der Waals surface area contributed by atoms with E-state index in [9.17, 15) is 14.9 Å². The lowest BCUT2D eigenvalue weighted by atomic mass is 10.0. The summed E-state index contributed by atoms with van der Waals surface area (Å²) in [5.41, 5.74) is 5.16. The van der Waals surface area contributed by atoms with Gasteiger partial charge in [-0.2, -0.15) is 0 Å². The highest BCUT2D eigenvalue weighted by Gasteiger charge is 2.26. The Hall–Kier alpha value is -2.18. The van der Waals surface area contributed by atoms with Crippen LogP contribution in [0, 0.1) is 16.0 Å². The number of rotatable bonds is 5. The first kappa shape index (κ1) is 15.9. The van der Waals surface area contributed by atoms with E-state index in [1.165, 1.54) is 11.0 Å². The van der Waals surface area contributed by atoms with E-state index in [-0.39, 0.29) is 23.1 Å². The monoisotopic (exact) mass is 280 g/mol. The SMILES string of the molecule is CC(C)CC(C)N(C)C(=O)c1cc(N)ncc1[N+](=O)[O-]. The molecule has 1 aromatic rings. The highest BCUT2D eigenvalue weighted by atomic mass is 16.6. The summed E-state index contributed by atoms with van der Waals surface area (Å²) in [6, 6.07) is 1.23. The van der Waals surface area contributed by atoms with Crippen LogP contribution in [0.25, 0.3) is 0 Å². The van der Waals surface area contributed by atoms with E-state index in [0.29, 0.717) is 5.92 Å². The number of pyridine rings is 1. The molecule has 1 amide bonds. The van der Waals surface area contributed by atoms with Crippen LogP contribution in [0.5, 0.6) is 0 Å². The van der Waals surface area contributed by atoms with Crippen molar-refractivity contribution in [1.29, 1.82) is 0 Å². The summed E-state index contributed by atoms with van der Waals surface area (Å²) in [6.07, 6.45) is 1.83. The van der Waals surface area contributed by atoms with Crippen molar-refractivity contribution in [3.63, 3.8) is 0 Å². The molecule has 1 unspecified atom stereocenters. The number of anilines is 1. The smallest absolute Gasteiger partial charge is 0.300 e. The van der Waals surface area contributed by atoms with Gasteiger partial charge in [-0.15, -0.1) is 0 Å². The third-order valence-electron chi connectivity index (χ3n) is 3.13. The Labute approximate surface area is 117 Å². The summed E-state index contributed by atoms with van der Waals surface area (Å²) in [5, 5.41) is 11.0. The van der Waals surface area contributed by atoms with Crippen molar-refractivity contribution in [1.82, 2.24) is 9.88 Å². The van der Waals surface area contributed by atoms with Gasteiger partial charge in [-0.25, -0.2) is 4.98 Å². The van der Waals surface area contributed by atoms with Crippen LogP contribution in [0.4, 0.5) is 11.5 Å². The van der Waals surface area contributed by atoms with Gasteiger partial charge in [0.05, 0.1) is 4.92 Å². The molecule has 1 rings (SSSR count). The molecule has 0 aliphatic rings. The molecule has 1 atom stereocenters. The van der Waals surface area contributed by atoms with Gasteiger partial charge < -0.3 is 10.6 Å². The second-order valence-electron chi connectivity index (χ2n) is 5.28. The van der Waals surface area contributed by atoms with Gasteiger partial charge in [-0.3, -0.25) is 14.9 Å². The van der Waals surface area contributed by atoms with Gasteiger partial charge in [0, 0.05) is 13.1 Å². The molecule has 0 fully saturated rings. The number of nitro groups is 1. The van der Waals surface area contributed by atoms with Crippen molar-refractivity contribution in [2.24, 2.45) is 5.92 Å². The van der Waals surface area contributed by atoms with Crippen LogP contribution in [0.2, 0.25) is 0 Å². The Balaban J connectivity index is 3.07. The van der Waals surface area contributed by atoms with Gasteiger partial charge in [-0.05, 0) is 25.3 Å². The molecule has 7 nitrogen and oxygen atoms in total. The quantitative estimate of drug-likeness (QED) is 0.657. The number of carbonyl (C=O) groups excluding carboxylic acids is 1. The number of nitrogen functional groups attached to an aromatic ring is 1. The summed E-state index contributed by atoms with van der Waals surface area (Å²) in [6.45, 7) is 6.03. The maximum absolute atomic E-state index is 12.4. The standard InChI is InChI=1S/C13H20N4O3/c1-8(2)5-9(3)16(4)13(18)10-6-12(14)15-7-11(10)17(19)20/h6-9H,5H2,1-4H3,(H2,14,15). The normalized spacial score (nSPS) is 12.2. The summed E-state index contributed by atoms with van der Waals surface area (Å²) in [4.78, 5) is 27.9. The molecular formula is C13H20N4O3. The van der Waals surface area contributed by atoms with Crippen molar-refractivity contribution in [2.45, 2.75) is 33.2 Å². The molecule has 0 aliphatic heterocycles. The molecule has 0 aromatic carbocycles. The molecule has 7 heteroatoms. The van der Waals surface area contributed by atoms with Crippen LogP contribution in [-0.2, 0) is 0 Å². The zero-order valence-electron chi connectivity index (χ0n) is 12.2. The molecule has 0 radical (unpaired) electrons. The minimum absolute atomic E-state index is 0.0171. The second-order valence-corrected chi connectivity index (χ2v) is 5.28. The third kappa shape index (κ3) is 3.66. The molecule has 20 heavy (non-hydrogen) atoms. The number of carbonyl (C=O) groups is 1. The van der Waals surface area contributed by atoms with Crippen LogP contribution >= 0.6 is 0 Å². The molecule has 2 N–H and O–H groups in total. The Morgan fingerprint density at radius 1 is 1.50 bits per heavy atom. The van der Waals surface area contributed by atoms with E-state index >= 15 is 0 Å². The zero-order valence-corrected chi connectivity index (χ0v) is 12.2. The highest BCUT2D eigenvalue weighted by molar-refractivity contribution is 5.98. The maximum Gasteiger partial charge on any atom is 0.300 e. The molecule has 0 saturated heterocycles. The van der Waals surface area contributed by atoms with Gasteiger partial charge in [0.25, 0.3) is 11.6 Å². The maximum atomic E-state index is 12.4. The lowest BCUT2D eigenvalue weighted by Crippen LogP contribution is -2.36. The third-order valence-corrected chi connectivity index (χ3v) is 3.13. The zero-order chi connectivity index (χ0) is 15.4. The van der Waals surface area contributed by atoms with E-state index in [1.54, 1.807) is 7.05 Å². The number of hydrogen-bond acceptors (Lipinski definition) is 5. The number of nitrogens with two attached hydrogens (primary N) is 1. The molecule has 0 aliphatic carbocycles. The molecule has 0 bridgehead atoms. The van der Waals surface area contributed by atoms with Crippen molar-refractivity contribution in [2.75, 3.05) is 12.8 Å². The van der Waals surface area contributed by atoms with Crippen molar-refractivity contribution in [3.05, 3.63) is 27.9 Å². The number of amides is 1. The van der Waals surface area contributed by atoms with Gasteiger partial charge in [-0.1, -0.05) is 13.8 Å². The molecule has 1 aromatic heterocycles. The van der Waals surface area contributed by atoms with E-state index in [0.717, 1.165) is 12.6 Å². The first-order valence-electron chi connectivity index (χ1n) is 6.41. The van der Waals surface area contributed by atoms with Crippen LogP contribution in [0.1, 0.15) is 37.6 Å². The predicted octanol–water partition coefficient (Wildman–Crippen LogP) is 2.08. The summed E-state index contributed by atoms with van der Waals surface area (Å²) < 4.78 is 0. The fourth-order valence-electron chi connectivity index (χ4n) is 2.01. The predicted molar refractivity (Wildman–Crippen MR) is 76.3 cm³/mol. The molecular weight excluding hydrogens is 260 g/mol. The van der Waals surface area contributed by atoms with Crippen LogP contribution in [0.3, 0.4) is 0 Å². The Morgan fingerprint density at radius 2 is 2.10 bits per heavy atom. The first-order valence-corrected chi connectivity index (χ1v) is 6.41. The number of hydrogen-bond donors (Lipinski definition) is 1. The molecule has 110 valence electrons. The Morgan fingerprint density at radius 3 is 2.60 bits per heavy atom. The topological polar surface area (TPSA) is 102 Å². The summed E-state index contributed by atoms with van der Waals surface area (Å²) in [5.74, 6) is 0.0977. The van der Waals surface area contributed by atoms with Crippen molar-refractivity contribution < 1.29 is 9.72 Å². The van der Waals surface area contributed by atoms with Crippen LogP contribution in [-0.4, -0.2) is 33.8 Å². The lowest BCUT2D eigenvalue weighted by Gasteiger charge is -2.26. The minimum atomic E-state index is -0.624. The number of nitrogens with zero attached hydrogens (tertiary/aromatic N) is 3. The lowest BCUT2D eigenvalue weighted by molar-refractivity contribution is -0.385. The minimum Gasteiger partial charge on any atom is -0.384 e. The van der Waals surface area contributed by atoms with Crippen molar-refractivity contribution in [3.8, 4) is 0 Å². The molecule has 0 saturated carbocycles. The van der Waals surface area contributed by atoms with E-state index in [2.05, 4.69) is 18.8 Å². The summed E-state index contributed by atoms with van der Waals surface area (Å²) >= 11 is 0. The molecule has 1 heterocycles. The Bertz CT molecular complexity index is 516. The first-order chi connectivity index (χ1) is 9.23. The fourth-order valence-corrected chi connectivity index (χ4v) is 2.01. The Kier molecular flexibility index (Phi) is 5.01. The van der Waals surface area contributed by atoms with Gasteiger partial charge in [0.2, 0.25) is 0 Å². The largest absolute Gasteiger partial charge is 0.384 e. The highest BCUT2D eigenvalue weighted by Crippen LogP contribution is 2.22. The van der Waals surface area contributed by atoms with Gasteiger partial charge in [0.15, 0.2) is 0 Å². The second kappa shape index (κ2) is 6.31. The van der Waals surface area contributed by atoms with E-state index in [4.69, 9.17) is 5.73 Å². The van der Waals surface area contributed by atoms with Gasteiger partial charge >= 0.3 is 0 Å². The van der Waals surface area contributed by atoms with Crippen LogP contribution in [0.15, 0.2) is 12.3 Å². The fraction of sp³-hybridized carbons (Fsp3) is 0.538. The average Bonchev–Trinajstić information content (AvgIpc) is 2.35. The van der Waals surface area contributed by atoms with Gasteiger partial charge in [0.1, 0.15) is 17.6 Å².